The van der Waals surface area contributed by atoms with Crippen molar-refractivity contribution in [1.29, 1.82) is 0 Å². The molecule has 0 spiro atoms. The molecule has 1 aliphatic rings. The summed E-state index contributed by atoms with van der Waals surface area (Å²) < 4.78 is 11.0. The molecule has 4 rings (SSSR count). The fourth-order valence-corrected chi connectivity index (χ4v) is 2.61. The molecule has 1 atom stereocenters. The van der Waals surface area contributed by atoms with Gasteiger partial charge in [0.05, 0.1) is 24.9 Å². The van der Waals surface area contributed by atoms with Crippen molar-refractivity contribution >= 4 is 22.5 Å². The number of aromatic amines is 1. The van der Waals surface area contributed by atoms with Gasteiger partial charge in [0.15, 0.2) is 0 Å². The van der Waals surface area contributed by atoms with Crippen molar-refractivity contribution < 1.29 is 14.3 Å². The third-order valence-corrected chi connectivity index (χ3v) is 3.87. The van der Waals surface area contributed by atoms with Crippen LogP contribution in [-0.2, 0) is 4.74 Å². The minimum Gasteiger partial charge on any atom is -0.472 e. The van der Waals surface area contributed by atoms with E-state index in [9.17, 15) is 4.79 Å². The lowest BCUT2D eigenvalue weighted by atomic mass is 10.2. The van der Waals surface area contributed by atoms with Crippen molar-refractivity contribution in [2.45, 2.75) is 12.5 Å². The number of anilines is 1. The number of ether oxygens (including phenoxy) is 2. The van der Waals surface area contributed by atoms with E-state index in [1.54, 1.807) is 24.5 Å². The van der Waals surface area contributed by atoms with Crippen molar-refractivity contribution in [2.75, 3.05) is 18.5 Å². The average Bonchev–Trinajstić information content (AvgIpc) is 3.26. The molecule has 1 saturated heterocycles. The first kappa shape index (κ1) is 14.6. The standard InChI is InChI=1S/C17H16N4O3/c22-17(20-13-2-1-12-9-19-21-15(12)8-13)11-3-5-18-16(7-11)24-14-4-6-23-10-14/h1-3,5,7-9,14H,4,6,10H2,(H,19,21)(H,20,22). The molecule has 7 heteroatoms. The lowest BCUT2D eigenvalue weighted by molar-refractivity contribution is 0.102. The number of hydrogen-bond acceptors (Lipinski definition) is 5. The largest absolute Gasteiger partial charge is 0.472 e. The minimum atomic E-state index is -0.219. The van der Waals surface area contributed by atoms with Gasteiger partial charge in [0.2, 0.25) is 5.88 Å². The van der Waals surface area contributed by atoms with E-state index >= 15 is 0 Å². The second-order valence-corrected chi connectivity index (χ2v) is 5.61. The molecule has 1 unspecified atom stereocenters. The summed E-state index contributed by atoms with van der Waals surface area (Å²) in [5.74, 6) is 0.214. The summed E-state index contributed by atoms with van der Waals surface area (Å²) in [5, 5.41) is 10.7. The number of rotatable bonds is 4. The minimum absolute atomic E-state index is 0.00130. The van der Waals surface area contributed by atoms with Gasteiger partial charge >= 0.3 is 0 Å². The molecule has 122 valence electrons. The summed E-state index contributed by atoms with van der Waals surface area (Å²) in [6.45, 7) is 1.25. The summed E-state index contributed by atoms with van der Waals surface area (Å²) in [4.78, 5) is 16.6. The number of benzene rings is 1. The van der Waals surface area contributed by atoms with E-state index in [0.717, 1.165) is 17.3 Å². The lowest BCUT2D eigenvalue weighted by Crippen LogP contribution is -2.17. The molecule has 0 bridgehead atoms. The van der Waals surface area contributed by atoms with Gasteiger partial charge in [-0.1, -0.05) is 0 Å². The van der Waals surface area contributed by atoms with Gasteiger partial charge in [0, 0.05) is 35.3 Å². The molecular formula is C17H16N4O3. The second kappa shape index (κ2) is 6.29. The van der Waals surface area contributed by atoms with Crippen molar-refractivity contribution in [3.8, 4) is 5.88 Å². The maximum absolute atomic E-state index is 12.4. The topological polar surface area (TPSA) is 89.1 Å². The highest BCUT2D eigenvalue weighted by Crippen LogP contribution is 2.19. The molecule has 0 saturated carbocycles. The Hall–Kier alpha value is -2.93. The Morgan fingerprint density at radius 3 is 3.17 bits per heavy atom. The molecule has 3 aromatic rings. The van der Waals surface area contributed by atoms with E-state index in [-0.39, 0.29) is 12.0 Å². The number of hydrogen-bond donors (Lipinski definition) is 2. The van der Waals surface area contributed by atoms with Crippen LogP contribution in [0, 0.1) is 0 Å². The molecule has 24 heavy (non-hydrogen) atoms. The van der Waals surface area contributed by atoms with Gasteiger partial charge in [0.25, 0.3) is 5.91 Å². The number of H-pyrrole nitrogens is 1. The number of amides is 1. The maximum Gasteiger partial charge on any atom is 0.255 e. The van der Waals surface area contributed by atoms with Crippen molar-refractivity contribution in [3.63, 3.8) is 0 Å². The fourth-order valence-electron chi connectivity index (χ4n) is 2.61. The zero-order chi connectivity index (χ0) is 16.4. The van der Waals surface area contributed by atoms with E-state index in [1.807, 2.05) is 18.2 Å². The van der Waals surface area contributed by atoms with Crippen molar-refractivity contribution in [3.05, 3.63) is 48.3 Å². The maximum atomic E-state index is 12.4. The smallest absolute Gasteiger partial charge is 0.255 e. The predicted molar refractivity (Wildman–Crippen MR) is 88.1 cm³/mol. The first-order valence-electron chi connectivity index (χ1n) is 7.73. The molecule has 7 nitrogen and oxygen atoms in total. The number of fused-ring (bicyclic) bond motifs is 1. The van der Waals surface area contributed by atoms with Crippen molar-refractivity contribution in [2.24, 2.45) is 0 Å². The van der Waals surface area contributed by atoms with Crippen LogP contribution in [-0.4, -0.2) is 40.4 Å². The van der Waals surface area contributed by atoms with Crippen LogP contribution in [0.1, 0.15) is 16.8 Å². The Morgan fingerprint density at radius 2 is 2.29 bits per heavy atom. The Labute approximate surface area is 138 Å². The number of nitrogens with one attached hydrogen (secondary N) is 2. The number of pyridine rings is 1. The van der Waals surface area contributed by atoms with Crippen LogP contribution in [0.5, 0.6) is 5.88 Å². The van der Waals surface area contributed by atoms with Crippen LogP contribution in [0.15, 0.2) is 42.7 Å². The quantitative estimate of drug-likeness (QED) is 0.769. The second-order valence-electron chi connectivity index (χ2n) is 5.61. The lowest BCUT2D eigenvalue weighted by Gasteiger charge is -2.11. The Balaban J connectivity index is 1.48. The van der Waals surface area contributed by atoms with Crippen molar-refractivity contribution in [1.82, 2.24) is 15.2 Å². The average molecular weight is 324 g/mol. The van der Waals surface area contributed by atoms with E-state index < -0.39 is 0 Å². The number of carbonyl (C=O) groups excluding carboxylic acids is 1. The molecule has 1 fully saturated rings. The Kier molecular flexibility index (Phi) is 3.84. The number of carbonyl (C=O) groups is 1. The number of nitrogens with zero attached hydrogens (tertiary/aromatic N) is 2. The van der Waals surface area contributed by atoms with Crippen LogP contribution in [0.2, 0.25) is 0 Å². The highest BCUT2D eigenvalue weighted by atomic mass is 16.5. The molecule has 0 aliphatic carbocycles. The Morgan fingerprint density at radius 1 is 1.33 bits per heavy atom. The van der Waals surface area contributed by atoms with Crippen LogP contribution in [0.25, 0.3) is 10.9 Å². The van der Waals surface area contributed by atoms with Gasteiger partial charge in [-0.3, -0.25) is 9.89 Å². The third kappa shape index (κ3) is 3.07. The highest BCUT2D eigenvalue weighted by molar-refractivity contribution is 6.05. The summed E-state index contributed by atoms with van der Waals surface area (Å²) in [6, 6.07) is 8.87. The van der Waals surface area contributed by atoms with Gasteiger partial charge in [-0.2, -0.15) is 5.10 Å². The highest BCUT2D eigenvalue weighted by Gasteiger charge is 2.18. The van der Waals surface area contributed by atoms with Gasteiger partial charge < -0.3 is 14.8 Å². The van der Waals surface area contributed by atoms with Crippen LogP contribution < -0.4 is 10.1 Å². The summed E-state index contributed by atoms with van der Waals surface area (Å²) >= 11 is 0. The molecular weight excluding hydrogens is 308 g/mol. The van der Waals surface area contributed by atoms with E-state index in [2.05, 4.69) is 20.5 Å². The first-order valence-corrected chi connectivity index (χ1v) is 7.73. The van der Waals surface area contributed by atoms with Gasteiger partial charge in [-0.25, -0.2) is 4.98 Å². The van der Waals surface area contributed by atoms with Gasteiger partial charge in [0.1, 0.15) is 6.10 Å². The molecule has 2 N–H and O–H groups in total. The monoisotopic (exact) mass is 324 g/mol. The molecule has 1 aliphatic heterocycles. The number of aromatic nitrogens is 3. The van der Waals surface area contributed by atoms with Crippen LogP contribution in [0.4, 0.5) is 5.69 Å². The predicted octanol–water partition coefficient (Wildman–Crippen LogP) is 2.38. The molecule has 1 amide bonds. The van der Waals surface area contributed by atoms with Crippen LogP contribution in [0.3, 0.4) is 0 Å². The first-order chi connectivity index (χ1) is 11.8. The fraction of sp³-hybridized carbons (Fsp3) is 0.235. The van der Waals surface area contributed by atoms with Gasteiger partial charge in [-0.05, 0) is 24.3 Å². The molecule has 3 heterocycles. The third-order valence-electron chi connectivity index (χ3n) is 3.87. The van der Waals surface area contributed by atoms with Gasteiger partial charge in [-0.15, -0.1) is 0 Å². The summed E-state index contributed by atoms with van der Waals surface area (Å²) in [7, 11) is 0. The zero-order valence-corrected chi connectivity index (χ0v) is 12.9. The molecule has 2 aromatic heterocycles. The van der Waals surface area contributed by atoms with Crippen LogP contribution >= 0.6 is 0 Å². The van der Waals surface area contributed by atoms with E-state index in [4.69, 9.17) is 9.47 Å². The molecule has 1 aromatic carbocycles. The summed E-state index contributed by atoms with van der Waals surface area (Å²) in [6.07, 6.45) is 4.14. The summed E-state index contributed by atoms with van der Waals surface area (Å²) in [5.41, 5.74) is 2.05. The molecule has 0 radical (unpaired) electrons. The normalized spacial score (nSPS) is 17.1. The SMILES string of the molecule is O=C(Nc1ccc2cn[nH]c2c1)c1ccnc(OC2CCOC2)c1. The Bertz CT molecular complexity index is 871. The zero-order valence-electron chi connectivity index (χ0n) is 12.9. The van der Waals surface area contributed by atoms with E-state index in [1.165, 1.54) is 0 Å². The van der Waals surface area contributed by atoms with E-state index in [0.29, 0.717) is 30.3 Å².